The van der Waals surface area contributed by atoms with E-state index in [0.29, 0.717) is 6.04 Å². The molecule has 19 heavy (non-hydrogen) atoms. The molecule has 98 valence electrons. The molecule has 0 aliphatic carbocycles. The maximum Gasteiger partial charge on any atom is 0.0113 e. The van der Waals surface area contributed by atoms with Crippen LogP contribution in [0.3, 0.4) is 0 Å². The van der Waals surface area contributed by atoms with Gasteiger partial charge in [-0.1, -0.05) is 60.7 Å². The molecule has 2 heteroatoms. The van der Waals surface area contributed by atoms with Crippen molar-refractivity contribution in [2.24, 2.45) is 0 Å². The molecule has 2 aromatic carbocycles. The highest BCUT2D eigenvalue weighted by molar-refractivity contribution is 7.73. The van der Waals surface area contributed by atoms with Crippen molar-refractivity contribution in [3.05, 3.63) is 60.7 Å². The normalized spacial score (nSPS) is 18.9. The summed E-state index contributed by atoms with van der Waals surface area (Å²) >= 11 is 0. The molecule has 2 aromatic rings. The van der Waals surface area contributed by atoms with Crippen molar-refractivity contribution in [2.75, 3.05) is 12.7 Å². The average molecular weight is 269 g/mol. The first-order valence-electron chi connectivity index (χ1n) is 7.04. The van der Waals surface area contributed by atoms with Crippen LogP contribution < -0.4 is 15.9 Å². The topological polar surface area (TPSA) is 12.0 Å². The lowest BCUT2D eigenvalue weighted by Crippen LogP contribution is -2.28. The molecule has 1 atom stereocenters. The smallest absolute Gasteiger partial charge is 0.0113 e. The number of benzene rings is 2. The van der Waals surface area contributed by atoms with E-state index in [4.69, 9.17) is 0 Å². The third-order valence-electron chi connectivity index (χ3n) is 3.70. The summed E-state index contributed by atoms with van der Waals surface area (Å²) in [6.07, 6.45) is 3.93. The zero-order valence-corrected chi connectivity index (χ0v) is 12.0. The van der Waals surface area contributed by atoms with Crippen LogP contribution in [0.1, 0.15) is 12.8 Å². The van der Waals surface area contributed by atoms with Gasteiger partial charge in [-0.05, 0) is 44.1 Å². The Kier molecular flexibility index (Phi) is 4.27. The molecule has 1 N–H and O–H groups in total. The number of hydrogen-bond acceptors (Lipinski definition) is 1. The van der Waals surface area contributed by atoms with Crippen molar-refractivity contribution in [3.63, 3.8) is 0 Å². The highest BCUT2D eigenvalue weighted by atomic mass is 31.1. The first kappa shape index (κ1) is 12.8. The summed E-state index contributed by atoms with van der Waals surface area (Å²) < 4.78 is 0. The Balaban J connectivity index is 1.87. The van der Waals surface area contributed by atoms with Gasteiger partial charge in [-0.2, -0.15) is 0 Å². The van der Waals surface area contributed by atoms with E-state index in [1.807, 2.05) is 0 Å². The van der Waals surface area contributed by atoms with Crippen LogP contribution in [-0.2, 0) is 0 Å². The van der Waals surface area contributed by atoms with Gasteiger partial charge in [0.1, 0.15) is 0 Å². The van der Waals surface area contributed by atoms with Gasteiger partial charge in [0, 0.05) is 6.04 Å². The summed E-state index contributed by atoms with van der Waals surface area (Å²) in [5, 5.41) is 6.64. The van der Waals surface area contributed by atoms with Crippen LogP contribution in [-0.4, -0.2) is 18.7 Å². The van der Waals surface area contributed by atoms with E-state index in [1.54, 1.807) is 0 Å². The number of rotatable bonds is 4. The lowest BCUT2D eigenvalue weighted by atomic mass is 10.3. The maximum atomic E-state index is 3.64. The van der Waals surface area contributed by atoms with Gasteiger partial charge in [0.05, 0.1) is 0 Å². The average Bonchev–Trinajstić information content (AvgIpc) is 3.00. The van der Waals surface area contributed by atoms with Crippen molar-refractivity contribution in [2.45, 2.75) is 18.9 Å². The second-order valence-corrected chi connectivity index (χ2v) is 7.33. The minimum absolute atomic E-state index is 0.224. The van der Waals surface area contributed by atoms with Gasteiger partial charge < -0.3 is 5.32 Å². The summed E-state index contributed by atoms with van der Waals surface area (Å²) in [7, 11) is -0.224. The predicted octanol–water partition coefficient (Wildman–Crippen LogP) is 2.87. The second-order valence-electron chi connectivity index (χ2n) is 5.07. The molecule has 0 saturated carbocycles. The van der Waals surface area contributed by atoms with Crippen LogP contribution in [0.5, 0.6) is 0 Å². The summed E-state index contributed by atoms with van der Waals surface area (Å²) in [6, 6.07) is 22.7. The van der Waals surface area contributed by atoms with Gasteiger partial charge in [0.15, 0.2) is 0 Å². The fourth-order valence-electron chi connectivity index (χ4n) is 2.71. The Hall–Kier alpha value is -1.17. The summed E-state index contributed by atoms with van der Waals surface area (Å²) in [4.78, 5) is 0. The molecular formula is C17H20NP. The van der Waals surface area contributed by atoms with Crippen molar-refractivity contribution in [1.29, 1.82) is 0 Å². The molecule has 1 saturated heterocycles. The quantitative estimate of drug-likeness (QED) is 0.842. The van der Waals surface area contributed by atoms with E-state index in [-0.39, 0.29) is 7.92 Å². The van der Waals surface area contributed by atoms with Crippen LogP contribution in [0.4, 0.5) is 0 Å². The highest BCUT2D eigenvalue weighted by Crippen LogP contribution is 2.35. The van der Waals surface area contributed by atoms with E-state index in [9.17, 15) is 0 Å². The van der Waals surface area contributed by atoms with Gasteiger partial charge in [-0.25, -0.2) is 0 Å². The van der Waals surface area contributed by atoms with Crippen molar-refractivity contribution in [3.8, 4) is 0 Å². The summed E-state index contributed by atoms with van der Waals surface area (Å²) in [5.41, 5.74) is 0. The third kappa shape index (κ3) is 3.23. The molecular weight excluding hydrogens is 249 g/mol. The minimum atomic E-state index is -0.224. The van der Waals surface area contributed by atoms with Gasteiger partial charge in [-0.3, -0.25) is 0 Å². The largest absolute Gasteiger partial charge is 0.314 e. The predicted molar refractivity (Wildman–Crippen MR) is 85.0 cm³/mol. The molecule has 0 radical (unpaired) electrons. The Morgan fingerprint density at radius 3 is 1.95 bits per heavy atom. The molecule has 0 bridgehead atoms. The molecule has 1 nitrogen and oxygen atoms in total. The van der Waals surface area contributed by atoms with Gasteiger partial charge in [0.25, 0.3) is 0 Å². The van der Waals surface area contributed by atoms with Crippen LogP contribution in [0.2, 0.25) is 0 Å². The summed E-state index contributed by atoms with van der Waals surface area (Å²) in [5.74, 6) is 0. The van der Waals surface area contributed by atoms with Crippen LogP contribution >= 0.6 is 7.92 Å². The summed E-state index contributed by atoms with van der Waals surface area (Å²) in [6.45, 7) is 1.19. The molecule has 1 aliphatic heterocycles. The third-order valence-corrected chi connectivity index (χ3v) is 6.35. The van der Waals surface area contributed by atoms with E-state index in [2.05, 4.69) is 66.0 Å². The standard InChI is InChI=1S/C17H20NP/c1-3-9-16(10-4-1)19(14-15-8-7-13-18-15)17-11-5-2-6-12-17/h1-6,9-12,15,18H,7-8,13-14H2/t15-/m0/s1. The molecule has 3 rings (SSSR count). The lowest BCUT2D eigenvalue weighted by molar-refractivity contribution is 0.672. The zero-order valence-electron chi connectivity index (χ0n) is 11.1. The number of nitrogens with one attached hydrogen (secondary N) is 1. The second kappa shape index (κ2) is 6.32. The van der Waals surface area contributed by atoms with Crippen molar-refractivity contribution in [1.82, 2.24) is 5.32 Å². The van der Waals surface area contributed by atoms with Gasteiger partial charge in [0.2, 0.25) is 0 Å². The number of hydrogen-bond donors (Lipinski definition) is 1. The fourth-order valence-corrected chi connectivity index (χ4v) is 5.24. The molecule has 0 spiro atoms. The van der Waals surface area contributed by atoms with Gasteiger partial charge in [-0.15, -0.1) is 0 Å². The van der Waals surface area contributed by atoms with Crippen LogP contribution in [0.15, 0.2) is 60.7 Å². The Labute approximate surface area is 116 Å². The highest BCUT2D eigenvalue weighted by Gasteiger charge is 2.21. The Morgan fingerprint density at radius 1 is 0.895 bits per heavy atom. The van der Waals surface area contributed by atoms with Crippen LogP contribution in [0, 0.1) is 0 Å². The monoisotopic (exact) mass is 269 g/mol. The lowest BCUT2D eigenvalue weighted by Gasteiger charge is -2.22. The van der Waals surface area contributed by atoms with Crippen LogP contribution in [0.25, 0.3) is 0 Å². The molecule has 1 fully saturated rings. The molecule has 1 aliphatic rings. The molecule has 0 aromatic heterocycles. The Bertz CT molecular complexity index is 452. The Morgan fingerprint density at radius 2 is 1.47 bits per heavy atom. The van der Waals surface area contributed by atoms with Crippen molar-refractivity contribution < 1.29 is 0 Å². The van der Waals surface area contributed by atoms with Gasteiger partial charge >= 0.3 is 0 Å². The molecule has 0 amide bonds. The molecule has 1 heterocycles. The maximum absolute atomic E-state index is 3.64. The van der Waals surface area contributed by atoms with E-state index < -0.39 is 0 Å². The van der Waals surface area contributed by atoms with E-state index >= 15 is 0 Å². The van der Waals surface area contributed by atoms with E-state index in [0.717, 1.165) is 0 Å². The first-order chi connectivity index (χ1) is 9.43. The van der Waals surface area contributed by atoms with E-state index in [1.165, 1.54) is 36.2 Å². The molecule has 0 unspecified atom stereocenters. The SMILES string of the molecule is c1ccc(P(C[C@@H]2CCCN2)c2ccccc2)cc1. The minimum Gasteiger partial charge on any atom is -0.314 e. The fraction of sp³-hybridized carbons (Fsp3) is 0.294. The first-order valence-corrected chi connectivity index (χ1v) is 8.57. The van der Waals surface area contributed by atoms with Crippen molar-refractivity contribution >= 4 is 18.5 Å². The zero-order chi connectivity index (χ0) is 12.9.